The Bertz CT molecular complexity index is 862. The van der Waals surface area contributed by atoms with E-state index in [2.05, 4.69) is 24.3 Å². The second-order valence-corrected chi connectivity index (χ2v) is 8.19. The number of piperazine rings is 1. The Hall–Kier alpha value is -2.70. The SMILES string of the molecule is CC[C@H](C)[C@H]1CN(C(=O)c2cc(-c3ccc(F)cc3)on2)[C@@H](CC(C)C)C(=O)N1. The molecular weight excluding hydrogens is 373 g/mol. The lowest BCUT2D eigenvalue weighted by atomic mass is 9.92. The molecule has 7 heteroatoms. The fourth-order valence-electron chi connectivity index (χ4n) is 3.59. The van der Waals surface area contributed by atoms with Crippen LogP contribution >= 0.6 is 0 Å². The number of hydrogen-bond donors (Lipinski definition) is 1. The summed E-state index contributed by atoms with van der Waals surface area (Å²) >= 11 is 0. The third-order valence-electron chi connectivity index (χ3n) is 5.54. The van der Waals surface area contributed by atoms with Gasteiger partial charge in [-0.25, -0.2) is 4.39 Å². The van der Waals surface area contributed by atoms with E-state index in [1.807, 2.05) is 13.8 Å². The van der Waals surface area contributed by atoms with Gasteiger partial charge in [0.1, 0.15) is 11.9 Å². The van der Waals surface area contributed by atoms with Gasteiger partial charge in [0.25, 0.3) is 5.91 Å². The minimum absolute atomic E-state index is 0.0941. The molecule has 156 valence electrons. The van der Waals surface area contributed by atoms with Crippen LogP contribution in [0.3, 0.4) is 0 Å². The molecule has 29 heavy (non-hydrogen) atoms. The molecule has 1 aromatic heterocycles. The van der Waals surface area contributed by atoms with Crippen molar-refractivity contribution in [1.82, 2.24) is 15.4 Å². The van der Waals surface area contributed by atoms with Crippen molar-refractivity contribution in [3.63, 3.8) is 0 Å². The molecule has 1 aromatic carbocycles. The van der Waals surface area contributed by atoms with Crippen LogP contribution in [0.5, 0.6) is 0 Å². The van der Waals surface area contributed by atoms with Crippen molar-refractivity contribution in [2.24, 2.45) is 11.8 Å². The predicted molar refractivity (Wildman–Crippen MR) is 108 cm³/mol. The van der Waals surface area contributed by atoms with E-state index >= 15 is 0 Å². The summed E-state index contributed by atoms with van der Waals surface area (Å²) in [7, 11) is 0. The van der Waals surface area contributed by atoms with Gasteiger partial charge in [-0.3, -0.25) is 9.59 Å². The maximum Gasteiger partial charge on any atom is 0.276 e. The summed E-state index contributed by atoms with van der Waals surface area (Å²) in [6.45, 7) is 8.63. The second kappa shape index (κ2) is 8.76. The van der Waals surface area contributed by atoms with E-state index in [1.54, 1.807) is 23.1 Å². The summed E-state index contributed by atoms with van der Waals surface area (Å²) in [6.07, 6.45) is 1.48. The summed E-state index contributed by atoms with van der Waals surface area (Å²) in [5.41, 5.74) is 0.779. The topological polar surface area (TPSA) is 75.4 Å². The molecule has 6 nitrogen and oxygen atoms in total. The molecule has 1 aliphatic rings. The fraction of sp³-hybridized carbons (Fsp3) is 0.500. The molecule has 2 heterocycles. The molecule has 1 fully saturated rings. The van der Waals surface area contributed by atoms with Crippen molar-refractivity contribution in [1.29, 1.82) is 0 Å². The average molecular weight is 401 g/mol. The van der Waals surface area contributed by atoms with Gasteiger partial charge in [-0.2, -0.15) is 0 Å². The Morgan fingerprint density at radius 3 is 2.62 bits per heavy atom. The summed E-state index contributed by atoms with van der Waals surface area (Å²) in [4.78, 5) is 27.7. The molecule has 2 amide bonds. The number of nitrogens with one attached hydrogen (secondary N) is 1. The van der Waals surface area contributed by atoms with Gasteiger partial charge in [0.05, 0.1) is 0 Å². The Labute approximate surface area is 170 Å². The van der Waals surface area contributed by atoms with Crippen molar-refractivity contribution in [2.75, 3.05) is 6.54 Å². The van der Waals surface area contributed by atoms with Gasteiger partial charge in [0, 0.05) is 24.2 Å². The van der Waals surface area contributed by atoms with Gasteiger partial charge >= 0.3 is 0 Å². The van der Waals surface area contributed by atoms with Crippen LogP contribution < -0.4 is 5.32 Å². The van der Waals surface area contributed by atoms with Gasteiger partial charge < -0.3 is 14.7 Å². The first-order valence-electron chi connectivity index (χ1n) is 10.1. The molecular formula is C22H28FN3O3. The third-order valence-corrected chi connectivity index (χ3v) is 5.54. The first-order chi connectivity index (χ1) is 13.8. The highest BCUT2D eigenvalue weighted by atomic mass is 19.1. The van der Waals surface area contributed by atoms with Crippen LogP contribution in [0.2, 0.25) is 0 Å². The van der Waals surface area contributed by atoms with E-state index in [0.29, 0.717) is 24.3 Å². The highest BCUT2D eigenvalue weighted by Gasteiger charge is 2.40. The molecule has 0 spiro atoms. The summed E-state index contributed by atoms with van der Waals surface area (Å²) in [5, 5.41) is 7.01. The molecule has 1 aliphatic heterocycles. The van der Waals surface area contributed by atoms with E-state index in [9.17, 15) is 14.0 Å². The van der Waals surface area contributed by atoms with E-state index in [0.717, 1.165) is 6.42 Å². The number of carbonyl (C=O) groups excluding carboxylic acids is 2. The Morgan fingerprint density at radius 1 is 1.31 bits per heavy atom. The molecule has 0 saturated carbocycles. The van der Waals surface area contributed by atoms with Crippen LogP contribution in [0.15, 0.2) is 34.9 Å². The van der Waals surface area contributed by atoms with Crippen LogP contribution in [-0.2, 0) is 4.79 Å². The summed E-state index contributed by atoms with van der Waals surface area (Å²) < 4.78 is 18.5. The van der Waals surface area contributed by atoms with Crippen LogP contribution in [0.25, 0.3) is 11.3 Å². The normalized spacial score (nSPS) is 20.6. The first-order valence-corrected chi connectivity index (χ1v) is 10.1. The highest BCUT2D eigenvalue weighted by Crippen LogP contribution is 2.25. The minimum atomic E-state index is -0.534. The monoisotopic (exact) mass is 401 g/mol. The van der Waals surface area contributed by atoms with Crippen molar-refractivity contribution in [3.05, 3.63) is 41.8 Å². The lowest BCUT2D eigenvalue weighted by molar-refractivity contribution is -0.130. The van der Waals surface area contributed by atoms with Gasteiger partial charge in [-0.1, -0.05) is 39.3 Å². The Morgan fingerprint density at radius 2 is 2.00 bits per heavy atom. The predicted octanol–water partition coefficient (Wildman–Crippen LogP) is 3.88. The van der Waals surface area contributed by atoms with Gasteiger partial charge in [-0.15, -0.1) is 0 Å². The van der Waals surface area contributed by atoms with Crippen molar-refractivity contribution >= 4 is 11.8 Å². The largest absolute Gasteiger partial charge is 0.355 e. The lowest BCUT2D eigenvalue weighted by Gasteiger charge is -2.41. The van der Waals surface area contributed by atoms with Crippen molar-refractivity contribution in [3.8, 4) is 11.3 Å². The third kappa shape index (κ3) is 4.66. The number of carbonyl (C=O) groups is 2. The van der Waals surface area contributed by atoms with Crippen LogP contribution in [-0.4, -0.2) is 40.5 Å². The number of hydrogen-bond acceptors (Lipinski definition) is 4. The molecule has 0 unspecified atom stereocenters. The highest BCUT2D eigenvalue weighted by molar-refractivity contribution is 5.97. The number of halogens is 1. The zero-order valence-corrected chi connectivity index (χ0v) is 17.3. The van der Waals surface area contributed by atoms with Crippen LogP contribution in [0.1, 0.15) is 51.0 Å². The summed E-state index contributed by atoms with van der Waals surface area (Å²) in [6, 6.07) is 6.70. The number of aromatic nitrogens is 1. The number of nitrogens with zero attached hydrogens (tertiary/aromatic N) is 2. The molecule has 1 saturated heterocycles. The van der Waals surface area contributed by atoms with Gasteiger partial charge in [-0.05, 0) is 42.5 Å². The van der Waals surface area contributed by atoms with Crippen molar-refractivity contribution < 1.29 is 18.5 Å². The molecule has 0 radical (unpaired) electrons. The number of rotatable bonds is 6. The van der Waals surface area contributed by atoms with Crippen molar-refractivity contribution in [2.45, 2.75) is 52.6 Å². The smallest absolute Gasteiger partial charge is 0.276 e. The first kappa shape index (κ1) is 21.0. The lowest BCUT2D eigenvalue weighted by Crippen LogP contribution is -2.63. The van der Waals surface area contributed by atoms with Crippen LogP contribution in [0.4, 0.5) is 4.39 Å². The quantitative estimate of drug-likeness (QED) is 0.797. The Kier molecular flexibility index (Phi) is 6.35. The fourth-order valence-corrected chi connectivity index (χ4v) is 3.59. The van der Waals surface area contributed by atoms with Gasteiger partial charge in [0.15, 0.2) is 11.5 Å². The summed E-state index contributed by atoms with van der Waals surface area (Å²) in [5.74, 6) is 0.0987. The zero-order chi connectivity index (χ0) is 21.1. The van der Waals surface area contributed by atoms with Crippen LogP contribution in [0, 0.1) is 17.7 Å². The molecule has 0 aliphatic carbocycles. The average Bonchev–Trinajstić information content (AvgIpc) is 3.18. The molecule has 0 bridgehead atoms. The van der Waals surface area contributed by atoms with E-state index in [1.165, 1.54) is 12.1 Å². The number of benzene rings is 1. The minimum Gasteiger partial charge on any atom is -0.355 e. The van der Waals surface area contributed by atoms with E-state index in [4.69, 9.17) is 4.52 Å². The molecule has 2 aromatic rings. The number of amides is 2. The zero-order valence-electron chi connectivity index (χ0n) is 17.3. The Balaban J connectivity index is 1.87. The second-order valence-electron chi connectivity index (χ2n) is 8.19. The molecule has 3 rings (SSSR count). The molecule has 3 atom stereocenters. The van der Waals surface area contributed by atoms with Gasteiger partial charge in [0.2, 0.25) is 5.91 Å². The maximum absolute atomic E-state index is 13.3. The standard InChI is InChI=1S/C22H28FN3O3/c1-5-14(4)18-12-26(19(10-13(2)3)21(27)24-18)22(28)17-11-20(29-25-17)15-6-8-16(23)9-7-15/h6-9,11,13-14,18-19H,5,10,12H2,1-4H3,(H,24,27)/t14-,18+,19-/m0/s1. The van der Waals surface area contributed by atoms with E-state index in [-0.39, 0.29) is 41.2 Å². The van der Waals surface area contributed by atoms with E-state index < -0.39 is 6.04 Å². The molecule has 1 N–H and O–H groups in total. The maximum atomic E-state index is 13.3.